The zero-order chi connectivity index (χ0) is 21.1. The molecule has 1 aliphatic carbocycles. The van der Waals surface area contributed by atoms with Crippen LogP contribution in [0.25, 0.3) is 0 Å². The van der Waals surface area contributed by atoms with Gasteiger partial charge in [0.25, 0.3) is 0 Å². The average molecular weight is 399 g/mol. The molecular formula is C21H25N3O5. The van der Waals surface area contributed by atoms with E-state index in [1.807, 2.05) is 6.92 Å². The maximum Gasteiger partial charge on any atom is 0.334 e. The van der Waals surface area contributed by atoms with Gasteiger partial charge in [0.1, 0.15) is 0 Å². The van der Waals surface area contributed by atoms with Crippen molar-refractivity contribution in [3.8, 4) is 0 Å². The van der Waals surface area contributed by atoms with Crippen molar-refractivity contribution in [2.45, 2.75) is 52.1 Å². The number of hydrogen-bond acceptors (Lipinski definition) is 5. The minimum absolute atomic E-state index is 0.135. The van der Waals surface area contributed by atoms with Crippen molar-refractivity contribution < 1.29 is 24.0 Å². The molecule has 1 saturated carbocycles. The molecule has 3 rings (SSSR count). The predicted molar refractivity (Wildman–Crippen MR) is 104 cm³/mol. The predicted octanol–water partition coefficient (Wildman–Crippen LogP) is 1.87. The lowest BCUT2D eigenvalue weighted by Gasteiger charge is -2.34. The summed E-state index contributed by atoms with van der Waals surface area (Å²) in [6.45, 7) is 3.27. The summed E-state index contributed by atoms with van der Waals surface area (Å²) >= 11 is 0. The first-order chi connectivity index (χ1) is 13.8. The van der Waals surface area contributed by atoms with Crippen molar-refractivity contribution in [1.82, 2.24) is 15.1 Å². The summed E-state index contributed by atoms with van der Waals surface area (Å²) in [5.74, 6) is -2.23. The molecule has 0 bridgehead atoms. The second-order valence-electron chi connectivity index (χ2n) is 7.71. The van der Waals surface area contributed by atoms with Crippen LogP contribution in [0.3, 0.4) is 0 Å². The molecule has 0 radical (unpaired) electrons. The second kappa shape index (κ2) is 8.55. The Morgan fingerprint density at radius 1 is 1.03 bits per heavy atom. The topological polar surface area (TPSA) is 104 Å². The molecule has 8 nitrogen and oxygen atoms in total. The van der Waals surface area contributed by atoms with Gasteiger partial charge in [-0.05, 0) is 24.3 Å². The van der Waals surface area contributed by atoms with Gasteiger partial charge in [-0.15, -0.1) is 0 Å². The molecule has 1 aliphatic heterocycles. The van der Waals surface area contributed by atoms with Crippen LogP contribution in [0.2, 0.25) is 0 Å². The molecule has 1 aromatic rings. The van der Waals surface area contributed by atoms with Crippen molar-refractivity contribution in [3.63, 3.8) is 0 Å². The van der Waals surface area contributed by atoms with Gasteiger partial charge in [-0.1, -0.05) is 44.0 Å². The van der Waals surface area contributed by atoms with Crippen molar-refractivity contribution in [2.75, 3.05) is 6.54 Å². The molecule has 0 spiro atoms. The Balaban J connectivity index is 1.68. The van der Waals surface area contributed by atoms with Crippen LogP contribution in [-0.2, 0) is 20.9 Å². The Morgan fingerprint density at radius 2 is 1.69 bits per heavy atom. The highest BCUT2D eigenvalue weighted by molar-refractivity contribution is 6.45. The van der Waals surface area contributed by atoms with E-state index in [1.165, 1.54) is 6.92 Å². The van der Waals surface area contributed by atoms with E-state index in [2.05, 4.69) is 5.32 Å². The van der Waals surface area contributed by atoms with E-state index in [-0.39, 0.29) is 17.9 Å². The van der Waals surface area contributed by atoms with E-state index in [9.17, 15) is 24.0 Å². The Labute approximate surface area is 169 Å². The van der Waals surface area contributed by atoms with Gasteiger partial charge >= 0.3 is 17.8 Å². The standard InChI is InChI=1S/C21H25N3O5/c1-13-5-3-4-6-17(13)24-20(28)19(27)23(21(24)29)12-18(26)16-9-7-15(8-10-16)11-22-14(2)25/h7-10,13,17H,3-6,11-12H2,1-2H3,(H,22,25)/t13-,17-/m1/s1. The van der Waals surface area contributed by atoms with E-state index in [0.717, 1.165) is 34.6 Å². The molecule has 29 heavy (non-hydrogen) atoms. The van der Waals surface area contributed by atoms with Gasteiger partial charge in [0.2, 0.25) is 5.91 Å². The molecule has 1 N–H and O–H groups in total. The van der Waals surface area contributed by atoms with E-state index in [0.29, 0.717) is 18.5 Å². The first-order valence-electron chi connectivity index (χ1n) is 9.85. The summed E-state index contributed by atoms with van der Waals surface area (Å²) in [6.07, 6.45) is 3.54. The molecule has 1 aromatic carbocycles. The molecule has 0 unspecified atom stereocenters. The summed E-state index contributed by atoms with van der Waals surface area (Å²) in [4.78, 5) is 62.9. The molecule has 2 aliphatic rings. The molecular weight excluding hydrogens is 374 g/mol. The SMILES string of the molecule is CC(=O)NCc1ccc(C(=O)CN2C(=O)C(=O)N([C@@H]3CCCC[C@H]3C)C2=O)cc1. The minimum Gasteiger partial charge on any atom is -0.352 e. The maximum atomic E-state index is 12.8. The Hall–Kier alpha value is -3.03. The molecule has 1 heterocycles. The quantitative estimate of drug-likeness (QED) is 0.447. The Morgan fingerprint density at radius 3 is 2.31 bits per heavy atom. The van der Waals surface area contributed by atoms with Gasteiger partial charge in [-0.25, -0.2) is 9.69 Å². The average Bonchev–Trinajstić information content (AvgIpc) is 2.90. The van der Waals surface area contributed by atoms with Crippen LogP contribution >= 0.6 is 0 Å². The van der Waals surface area contributed by atoms with Gasteiger partial charge < -0.3 is 5.32 Å². The summed E-state index contributed by atoms with van der Waals surface area (Å²) < 4.78 is 0. The van der Waals surface area contributed by atoms with Gasteiger partial charge in [0.05, 0.1) is 6.54 Å². The van der Waals surface area contributed by atoms with Crippen molar-refractivity contribution in [3.05, 3.63) is 35.4 Å². The highest BCUT2D eigenvalue weighted by atomic mass is 16.2. The highest BCUT2D eigenvalue weighted by Gasteiger charge is 2.49. The fraction of sp³-hybridized carbons (Fsp3) is 0.476. The Bertz CT molecular complexity index is 848. The first kappa shape index (κ1) is 20.7. The number of nitrogens with zero attached hydrogens (tertiary/aromatic N) is 2. The normalized spacial score (nSPS) is 22.2. The molecule has 0 aromatic heterocycles. The van der Waals surface area contributed by atoms with Crippen molar-refractivity contribution in [2.24, 2.45) is 5.92 Å². The highest BCUT2D eigenvalue weighted by Crippen LogP contribution is 2.31. The number of Topliss-reactive ketones (excluding diaryl/α,β-unsaturated/α-hetero) is 1. The molecule has 5 amide bonds. The van der Waals surface area contributed by atoms with Crippen LogP contribution < -0.4 is 5.32 Å². The third kappa shape index (κ3) is 4.36. The van der Waals surface area contributed by atoms with Gasteiger partial charge in [-0.3, -0.25) is 24.1 Å². The van der Waals surface area contributed by atoms with Crippen LogP contribution in [0.1, 0.15) is 55.5 Å². The van der Waals surface area contributed by atoms with Crippen molar-refractivity contribution >= 4 is 29.5 Å². The maximum absolute atomic E-state index is 12.8. The molecule has 2 atom stereocenters. The molecule has 8 heteroatoms. The number of imide groups is 2. The Kier molecular flexibility index (Phi) is 6.10. The van der Waals surface area contributed by atoms with Gasteiger partial charge in [0, 0.05) is 25.1 Å². The summed E-state index contributed by atoms with van der Waals surface area (Å²) in [7, 11) is 0. The molecule has 154 valence electrons. The number of ketones is 1. The van der Waals surface area contributed by atoms with E-state index >= 15 is 0 Å². The molecule has 2 fully saturated rings. The lowest BCUT2D eigenvalue weighted by Crippen LogP contribution is -2.46. The zero-order valence-electron chi connectivity index (χ0n) is 16.6. The zero-order valence-corrected chi connectivity index (χ0v) is 16.6. The van der Waals surface area contributed by atoms with Crippen LogP contribution in [0.5, 0.6) is 0 Å². The smallest absolute Gasteiger partial charge is 0.334 e. The number of benzene rings is 1. The number of rotatable bonds is 6. The monoisotopic (exact) mass is 399 g/mol. The number of nitrogens with one attached hydrogen (secondary N) is 1. The molecule has 1 saturated heterocycles. The summed E-state index contributed by atoms with van der Waals surface area (Å²) in [5, 5.41) is 2.66. The minimum atomic E-state index is -0.941. The lowest BCUT2D eigenvalue weighted by atomic mass is 9.85. The second-order valence-corrected chi connectivity index (χ2v) is 7.71. The van der Waals surface area contributed by atoms with Crippen molar-refractivity contribution in [1.29, 1.82) is 0 Å². The van der Waals surface area contributed by atoms with Crippen LogP contribution in [-0.4, -0.2) is 51.9 Å². The van der Waals surface area contributed by atoms with Crippen LogP contribution in [0.15, 0.2) is 24.3 Å². The largest absolute Gasteiger partial charge is 0.352 e. The van der Waals surface area contributed by atoms with Gasteiger partial charge in [-0.2, -0.15) is 0 Å². The fourth-order valence-electron chi connectivity index (χ4n) is 3.90. The lowest BCUT2D eigenvalue weighted by molar-refractivity contribution is -0.144. The van der Waals surface area contributed by atoms with Crippen LogP contribution in [0.4, 0.5) is 4.79 Å². The summed E-state index contributed by atoms with van der Waals surface area (Å²) in [5.41, 5.74) is 1.15. The van der Waals surface area contributed by atoms with E-state index < -0.39 is 30.2 Å². The number of carbonyl (C=O) groups excluding carboxylic acids is 5. The first-order valence-corrected chi connectivity index (χ1v) is 9.85. The number of carbonyl (C=O) groups is 5. The summed E-state index contributed by atoms with van der Waals surface area (Å²) in [6, 6.07) is 5.55. The third-order valence-corrected chi connectivity index (χ3v) is 5.60. The number of amides is 5. The fourth-order valence-corrected chi connectivity index (χ4v) is 3.90. The van der Waals surface area contributed by atoms with E-state index in [4.69, 9.17) is 0 Å². The number of hydrogen-bond donors (Lipinski definition) is 1. The number of urea groups is 1. The third-order valence-electron chi connectivity index (χ3n) is 5.60. The van der Waals surface area contributed by atoms with Crippen LogP contribution in [0, 0.1) is 5.92 Å². The van der Waals surface area contributed by atoms with E-state index in [1.54, 1.807) is 24.3 Å². The van der Waals surface area contributed by atoms with Gasteiger partial charge in [0.15, 0.2) is 5.78 Å².